The highest BCUT2D eigenvalue weighted by atomic mass is 16.4. The summed E-state index contributed by atoms with van der Waals surface area (Å²) in [5.74, 6) is -1.44. The molecule has 0 aliphatic rings. The number of carbonyl (C=O) groups is 3. The van der Waals surface area contributed by atoms with Gasteiger partial charge in [0.1, 0.15) is 11.9 Å². The van der Waals surface area contributed by atoms with E-state index >= 15 is 0 Å². The monoisotopic (exact) mass is 512 g/mol. The summed E-state index contributed by atoms with van der Waals surface area (Å²) in [7, 11) is 0. The van der Waals surface area contributed by atoms with Gasteiger partial charge in [-0.2, -0.15) is 5.10 Å². The zero-order chi connectivity index (χ0) is 26.7. The second-order valence-electron chi connectivity index (χ2n) is 8.49. The molecule has 0 aliphatic carbocycles. The van der Waals surface area contributed by atoms with Crippen LogP contribution in [0.5, 0.6) is 0 Å². The third kappa shape index (κ3) is 7.26. The molecular weight excluding hydrogens is 484 g/mol. The van der Waals surface area contributed by atoms with E-state index in [1.165, 1.54) is 6.08 Å². The maximum absolute atomic E-state index is 12.7. The van der Waals surface area contributed by atoms with E-state index in [9.17, 15) is 19.5 Å². The number of nitrogens with zero attached hydrogens (tertiary/aromatic N) is 3. The first-order valence-electron chi connectivity index (χ1n) is 12.1. The molecule has 1 atom stereocenters. The zero-order valence-electron chi connectivity index (χ0n) is 20.6. The van der Waals surface area contributed by atoms with Crippen molar-refractivity contribution in [3.05, 3.63) is 96.3 Å². The van der Waals surface area contributed by atoms with Gasteiger partial charge in [-0.05, 0) is 48.4 Å². The van der Waals surface area contributed by atoms with Crippen molar-refractivity contribution in [2.75, 3.05) is 18.4 Å². The van der Waals surface area contributed by atoms with Crippen molar-refractivity contribution in [3.8, 4) is 0 Å². The number of benzene rings is 2. The Morgan fingerprint density at radius 3 is 2.61 bits per heavy atom. The molecule has 10 heteroatoms. The van der Waals surface area contributed by atoms with Gasteiger partial charge in [-0.25, -0.2) is 9.78 Å². The summed E-state index contributed by atoms with van der Waals surface area (Å²) in [6, 6.07) is 18.8. The number of carbonyl (C=O) groups excluding carboxylic acids is 2. The van der Waals surface area contributed by atoms with Crippen LogP contribution in [0.3, 0.4) is 0 Å². The third-order valence-electron chi connectivity index (χ3n) is 5.73. The first-order chi connectivity index (χ1) is 18.5. The number of aliphatic carboxylic acids is 1. The minimum Gasteiger partial charge on any atom is -0.480 e. The van der Waals surface area contributed by atoms with Crippen molar-refractivity contribution >= 4 is 40.6 Å². The molecule has 10 nitrogen and oxygen atoms in total. The topological polar surface area (TPSA) is 138 Å². The number of pyridine rings is 1. The molecule has 0 unspecified atom stereocenters. The van der Waals surface area contributed by atoms with Crippen LogP contribution in [-0.4, -0.2) is 56.8 Å². The minimum atomic E-state index is -1.28. The third-order valence-corrected chi connectivity index (χ3v) is 5.73. The molecule has 2 aromatic carbocycles. The van der Waals surface area contributed by atoms with E-state index in [-0.39, 0.29) is 6.54 Å². The van der Waals surface area contributed by atoms with Crippen LogP contribution in [0.2, 0.25) is 0 Å². The Balaban J connectivity index is 1.29. The van der Waals surface area contributed by atoms with Crippen molar-refractivity contribution in [3.63, 3.8) is 0 Å². The van der Waals surface area contributed by atoms with Gasteiger partial charge in [0.05, 0.1) is 11.7 Å². The maximum Gasteiger partial charge on any atom is 0.328 e. The first-order valence-corrected chi connectivity index (χ1v) is 12.1. The number of rotatable bonds is 12. The van der Waals surface area contributed by atoms with E-state index in [4.69, 9.17) is 0 Å². The van der Waals surface area contributed by atoms with Gasteiger partial charge < -0.3 is 21.1 Å². The molecule has 0 bridgehead atoms. The molecule has 0 saturated heterocycles. The molecule has 2 heterocycles. The number of aromatic nitrogens is 3. The fourth-order valence-electron chi connectivity index (χ4n) is 3.77. The number of aryl methyl sites for hydroxylation is 1. The fourth-order valence-corrected chi connectivity index (χ4v) is 3.77. The molecule has 4 aromatic rings. The molecule has 0 aliphatic heterocycles. The van der Waals surface area contributed by atoms with Gasteiger partial charge in [-0.15, -0.1) is 0 Å². The minimum absolute atomic E-state index is 0.264. The molecule has 0 fully saturated rings. The van der Waals surface area contributed by atoms with Gasteiger partial charge in [-0.3, -0.25) is 14.3 Å². The van der Waals surface area contributed by atoms with Crippen molar-refractivity contribution in [1.82, 2.24) is 25.4 Å². The number of carboxylic acid groups (broad SMARTS) is 1. The van der Waals surface area contributed by atoms with Crippen LogP contribution in [0.4, 0.5) is 5.82 Å². The Morgan fingerprint density at radius 1 is 1.03 bits per heavy atom. The number of nitrogens with one attached hydrogen (secondary N) is 3. The van der Waals surface area contributed by atoms with Crippen molar-refractivity contribution in [2.45, 2.75) is 19.0 Å². The Bertz CT molecular complexity index is 1420. The first kappa shape index (κ1) is 26.1. The van der Waals surface area contributed by atoms with Crippen molar-refractivity contribution in [2.24, 2.45) is 0 Å². The number of hydrogen-bond donors (Lipinski definition) is 4. The van der Waals surface area contributed by atoms with Gasteiger partial charge in [0.15, 0.2) is 0 Å². The number of hydrogen-bond acceptors (Lipinski definition) is 6. The van der Waals surface area contributed by atoms with E-state index < -0.39 is 23.8 Å². The predicted molar refractivity (Wildman–Crippen MR) is 144 cm³/mol. The second-order valence-corrected chi connectivity index (χ2v) is 8.49. The number of amides is 2. The largest absolute Gasteiger partial charge is 0.480 e. The lowest BCUT2D eigenvalue weighted by atomic mass is 10.1. The summed E-state index contributed by atoms with van der Waals surface area (Å²) >= 11 is 0. The van der Waals surface area contributed by atoms with Crippen LogP contribution in [0, 0.1) is 0 Å². The highest BCUT2D eigenvalue weighted by molar-refractivity contribution is 5.98. The van der Waals surface area contributed by atoms with Crippen LogP contribution in [-0.2, 0) is 16.1 Å². The van der Waals surface area contributed by atoms with Crippen LogP contribution >= 0.6 is 0 Å². The SMILES string of the molecule is O=C(/C=C/c1ccccc1)N[C@@H](CNC(=O)c1ccc2c(cnn2CCCNc2ccccn2)c1)C(=O)O. The molecule has 4 rings (SSSR count). The fraction of sp³-hybridized carbons (Fsp3) is 0.179. The van der Waals surface area contributed by atoms with Crippen LogP contribution in [0.15, 0.2) is 85.2 Å². The van der Waals surface area contributed by atoms with Gasteiger partial charge in [0.2, 0.25) is 5.91 Å². The van der Waals surface area contributed by atoms with E-state index in [0.29, 0.717) is 12.1 Å². The standard InChI is InChI=1S/C28H28N6O4/c35-26(13-10-20-7-2-1-3-8-20)33-23(28(37)38)19-31-27(36)21-11-12-24-22(17-21)18-32-34(24)16-6-15-30-25-9-4-5-14-29-25/h1-5,7-14,17-18,23H,6,15-16,19H2,(H,29,30)(H,31,36)(H,33,35)(H,37,38)/b13-10+/t23-/m0/s1. The summed E-state index contributed by atoms with van der Waals surface area (Å²) in [5.41, 5.74) is 2.07. The highest BCUT2D eigenvalue weighted by Gasteiger charge is 2.20. The Labute approximate surface area is 219 Å². The van der Waals surface area contributed by atoms with Gasteiger partial charge >= 0.3 is 5.97 Å². The predicted octanol–water partition coefficient (Wildman–Crippen LogP) is 2.95. The molecule has 0 radical (unpaired) electrons. The van der Waals surface area contributed by atoms with Crippen molar-refractivity contribution < 1.29 is 19.5 Å². The quantitative estimate of drug-likeness (QED) is 0.169. The second kappa shape index (κ2) is 12.8. The molecule has 0 spiro atoms. The maximum atomic E-state index is 12.7. The molecule has 194 valence electrons. The molecule has 38 heavy (non-hydrogen) atoms. The number of fused-ring (bicyclic) bond motifs is 1. The van der Waals surface area contributed by atoms with Crippen LogP contribution in [0.25, 0.3) is 17.0 Å². The lowest BCUT2D eigenvalue weighted by Crippen LogP contribution is -2.48. The Hall–Kier alpha value is -4.99. The Morgan fingerprint density at radius 2 is 1.84 bits per heavy atom. The van der Waals surface area contributed by atoms with E-state index in [1.54, 1.807) is 30.6 Å². The van der Waals surface area contributed by atoms with Crippen LogP contribution < -0.4 is 16.0 Å². The average molecular weight is 513 g/mol. The number of carboxylic acids is 1. The lowest BCUT2D eigenvalue weighted by Gasteiger charge is -2.14. The van der Waals surface area contributed by atoms with E-state index in [1.807, 2.05) is 59.3 Å². The molecule has 2 aromatic heterocycles. The highest BCUT2D eigenvalue weighted by Crippen LogP contribution is 2.16. The number of anilines is 1. The average Bonchev–Trinajstić information content (AvgIpc) is 3.35. The smallest absolute Gasteiger partial charge is 0.328 e. The van der Waals surface area contributed by atoms with Gasteiger partial charge in [0.25, 0.3) is 5.91 Å². The van der Waals surface area contributed by atoms with E-state index in [2.05, 4.69) is 26.0 Å². The lowest BCUT2D eigenvalue weighted by molar-refractivity contribution is -0.141. The summed E-state index contributed by atoms with van der Waals surface area (Å²) < 4.78 is 1.87. The summed E-state index contributed by atoms with van der Waals surface area (Å²) in [4.78, 5) is 40.7. The molecular formula is C28H28N6O4. The summed E-state index contributed by atoms with van der Waals surface area (Å²) in [5, 5.41) is 22.9. The van der Waals surface area contributed by atoms with Gasteiger partial charge in [0, 0.05) is 42.9 Å². The molecule has 4 N–H and O–H groups in total. The van der Waals surface area contributed by atoms with E-state index in [0.717, 1.165) is 35.2 Å². The van der Waals surface area contributed by atoms with Crippen molar-refractivity contribution in [1.29, 1.82) is 0 Å². The Kier molecular flexibility index (Phi) is 8.80. The normalized spacial score (nSPS) is 11.8. The van der Waals surface area contributed by atoms with Gasteiger partial charge in [-0.1, -0.05) is 36.4 Å². The van der Waals surface area contributed by atoms with Crippen LogP contribution in [0.1, 0.15) is 22.3 Å². The summed E-state index contributed by atoms with van der Waals surface area (Å²) in [6.07, 6.45) is 7.10. The molecule has 2 amide bonds. The summed E-state index contributed by atoms with van der Waals surface area (Å²) in [6.45, 7) is 1.16. The zero-order valence-corrected chi connectivity index (χ0v) is 20.6. The molecule has 0 saturated carbocycles.